The van der Waals surface area contributed by atoms with Crippen molar-refractivity contribution in [1.29, 1.82) is 0 Å². The molecule has 2 aromatic carbocycles. The highest BCUT2D eigenvalue weighted by Crippen LogP contribution is 2.30. The summed E-state index contributed by atoms with van der Waals surface area (Å²) in [6, 6.07) is 12.5. The Balaban J connectivity index is 1.90. The molecule has 0 saturated heterocycles. The number of aliphatic hydroxyl groups is 1. The minimum absolute atomic E-state index is 0.186. The van der Waals surface area contributed by atoms with Crippen LogP contribution >= 0.6 is 11.6 Å². The zero-order valence-corrected chi connectivity index (χ0v) is 15.9. The van der Waals surface area contributed by atoms with Gasteiger partial charge in [-0.25, -0.2) is 4.98 Å². The fourth-order valence-corrected chi connectivity index (χ4v) is 3.04. The molecule has 4 aromatic rings. The monoisotopic (exact) mass is 435 g/mol. The summed E-state index contributed by atoms with van der Waals surface area (Å²) in [5.74, 6) is -1.00. The van der Waals surface area contributed by atoms with Crippen LogP contribution in [0.5, 0.6) is 0 Å². The summed E-state index contributed by atoms with van der Waals surface area (Å²) >= 11 is 6.05. The summed E-state index contributed by atoms with van der Waals surface area (Å²) in [6.45, 7) is -10.1. The van der Waals surface area contributed by atoms with Crippen molar-refractivity contribution in [2.24, 2.45) is 0 Å². The molecule has 0 aliphatic heterocycles. The number of halogens is 1. The molecule has 0 aliphatic carbocycles. The van der Waals surface area contributed by atoms with Crippen LogP contribution in [0.15, 0.2) is 48.5 Å². The number of imidazole rings is 1. The van der Waals surface area contributed by atoms with Crippen LogP contribution in [0.1, 0.15) is 54.5 Å². The van der Waals surface area contributed by atoms with E-state index in [2.05, 4.69) is 25.6 Å². The second kappa shape index (κ2) is 9.19. The molecule has 2 N–H and O–H groups in total. The van der Waals surface area contributed by atoms with Crippen molar-refractivity contribution in [2.45, 2.75) is 39.0 Å². The predicted molar refractivity (Wildman–Crippen MR) is 116 cm³/mol. The first kappa shape index (κ1) is 9.85. The number of hydrogen-bond donors (Lipinski definition) is 2. The van der Waals surface area contributed by atoms with Crippen molar-refractivity contribution in [2.75, 3.05) is 0 Å². The number of nitrogens with one attached hydrogen (secondary N) is 1. The van der Waals surface area contributed by atoms with Gasteiger partial charge in [-0.3, -0.25) is 0 Å². The Hall–Kier alpha value is -3.03. The van der Waals surface area contributed by atoms with E-state index in [0.717, 1.165) is 0 Å². The standard InChI is InChI=1S/C22H23ClN6O/c1-2-3-8-20-24-21(23)19(14-30)29(20)13-15-9-11-16(12-10-15)17-6-4-5-7-18(17)22-25-27-28-26-22/h4-7,9-12,30H,2-3,8,13-14H2,1H3,(H,25,26,27,28)/i1D3,2D2,3D2,8D2,13D2,14D2. The van der Waals surface area contributed by atoms with E-state index in [1.54, 1.807) is 24.3 Å². The van der Waals surface area contributed by atoms with Crippen LogP contribution in [0.25, 0.3) is 22.5 Å². The Labute approximate surface area is 198 Å². The zero-order valence-electron chi connectivity index (χ0n) is 28.2. The molecule has 154 valence electrons. The van der Waals surface area contributed by atoms with Gasteiger partial charge >= 0.3 is 0 Å². The Morgan fingerprint density at radius 1 is 1.17 bits per heavy atom. The van der Waals surface area contributed by atoms with E-state index in [9.17, 15) is 5.11 Å². The minimum atomic E-state index is -3.91. The average Bonchev–Trinajstić information content (AvgIpc) is 3.56. The second-order valence-corrected chi connectivity index (χ2v) is 6.23. The van der Waals surface area contributed by atoms with Crippen molar-refractivity contribution >= 4 is 11.6 Å². The molecule has 7 nitrogen and oxygen atoms in total. The SMILES string of the molecule is [2H]C([2H])(O)c1c(Cl)nc(C([2H])([2H])C([2H])([2H])C([2H])([2H])C([2H])([2H])[2H])n1C([2H])([2H])c1ccc(-c2ccccc2-c2nn[nH]n2)cc1. The van der Waals surface area contributed by atoms with Crippen molar-refractivity contribution in [3.8, 4) is 22.5 Å². The van der Waals surface area contributed by atoms with Crippen LogP contribution in [0.4, 0.5) is 0 Å². The molecule has 0 atom stereocenters. The van der Waals surface area contributed by atoms with Gasteiger partial charge in [0, 0.05) is 30.8 Å². The lowest BCUT2D eigenvalue weighted by Gasteiger charge is -2.12. The largest absolute Gasteiger partial charge is 0.390 e. The molecule has 4 rings (SSSR count). The average molecular weight is 436 g/mol. The molecule has 0 bridgehead atoms. The van der Waals surface area contributed by atoms with Gasteiger partial charge in [-0.1, -0.05) is 73.4 Å². The fraction of sp³-hybridized carbons (Fsp3) is 0.273. The zero-order chi connectivity index (χ0) is 32.4. The molecular formula is C22H23ClN6O. The van der Waals surface area contributed by atoms with E-state index in [0.29, 0.717) is 16.7 Å². The highest BCUT2D eigenvalue weighted by Gasteiger charge is 2.16. The molecule has 0 unspecified atom stereocenters. The number of rotatable bonds is 8. The molecule has 0 saturated carbocycles. The molecule has 8 heteroatoms. The van der Waals surface area contributed by atoms with Crippen molar-refractivity contribution < 1.29 is 22.9 Å². The lowest BCUT2D eigenvalue weighted by atomic mass is 9.98. The lowest BCUT2D eigenvalue weighted by Crippen LogP contribution is -2.09. The third kappa shape index (κ3) is 4.13. The van der Waals surface area contributed by atoms with E-state index in [1.165, 1.54) is 24.3 Å². The predicted octanol–water partition coefficient (Wildman–Crippen LogP) is 4.27. The van der Waals surface area contributed by atoms with Crippen LogP contribution < -0.4 is 0 Å². The molecule has 0 aliphatic rings. The van der Waals surface area contributed by atoms with Gasteiger partial charge in [0.05, 0.1) is 17.7 Å². The quantitative estimate of drug-likeness (QED) is 0.431. The Kier molecular flexibility index (Phi) is 3.02. The number of aromatic amines is 1. The number of H-pyrrole nitrogens is 1. The smallest absolute Gasteiger partial charge is 0.205 e. The van der Waals surface area contributed by atoms with Crippen LogP contribution in [-0.4, -0.2) is 35.3 Å². The molecule has 2 heterocycles. The maximum Gasteiger partial charge on any atom is 0.205 e. The van der Waals surface area contributed by atoms with Crippen molar-refractivity contribution in [1.82, 2.24) is 30.2 Å². The van der Waals surface area contributed by atoms with E-state index in [4.69, 9.17) is 29.4 Å². The number of benzene rings is 2. The minimum Gasteiger partial charge on any atom is -0.390 e. The van der Waals surface area contributed by atoms with Crippen LogP contribution in [0, 0.1) is 0 Å². The van der Waals surface area contributed by atoms with E-state index < -0.39 is 55.7 Å². The summed E-state index contributed by atoms with van der Waals surface area (Å²) < 4.78 is 105. The Morgan fingerprint density at radius 2 is 1.97 bits per heavy atom. The van der Waals surface area contributed by atoms with E-state index >= 15 is 0 Å². The topological polar surface area (TPSA) is 92.5 Å². The number of nitrogens with zero attached hydrogens (tertiary/aromatic N) is 5. The third-order valence-electron chi connectivity index (χ3n) is 4.13. The van der Waals surface area contributed by atoms with Crippen molar-refractivity contribution in [3.63, 3.8) is 0 Å². The molecular weight excluding hydrogens is 400 g/mol. The molecule has 2 aromatic heterocycles. The van der Waals surface area contributed by atoms with Crippen LogP contribution in [-0.2, 0) is 19.4 Å². The normalized spacial score (nSPS) is 20.4. The van der Waals surface area contributed by atoms with Gasteiger partial charge in [0.1, 0.15) is 5.82 Å². The summed E-state index contributed by atoms with van der Waals surface area (Å²) in [4.78, 5) is 3.61. The summed E-state index contributed by atoms with van der Waals surface area (Å²) in [6.07, 6.45) is -11.5. The summed E-state index contributed by atoms with van der Waals surface area (Å²) in [5, 5.41) is 23.2. The van der Waals surface area contributed by atoms with Gasteiger partial charge in [0.2, 0.25) is 5.82 Å². The highest BCUT2D eigenvalue weighted by atomic mass is 35.5. The number of tetrazole rings is 1. The van der Waals surface area contributed by atoms with Crippen LogP contribution in [0.3, 0.4) is 0 Å². The molecule has 30 heavy (non-hydrogen) atoms. The second-order valence-electron chi connectivity index (χ2n) is 5.87. The van der Waals surface area contributed by atoms with Crippen LogP contribution in [0.2, 0.25) is 5.15 Å². The first-order valence-corrected chi connectivity index (χ1v) is 8.90. The summed E-state index contributed by atoms with van der Waals surface area (Å²) in [5.41, 5.74) is 0.412. The van der Waals surface area contributed by atoms with Gasteiger partial charge in [-0.05, 0) is 28.3 Å². The maximum atomic E-state index is 10.3. The van der Waals surface area contributed by atoms with Gasteiger partial charge in [-0.15, -0.1) is 10.2 Å². The lowest BCUT2D eigenvalue weighted by molar-refractivity contribution is 0.271. The molecule has 0 amide bonds. The van der Waals surface area contributed by atoms with Gasteiger partial charge < -0.3 is 9.67 Å². The number of hydrogen-bond acceptors (Lipinski definition) is 5. The van der Waals surface area contributed by atoms with E-state index in [1.807, 2.05) is 0 Å². The third-order valence-corrected chi connectivity index (χ3v) is 4.39. The van der Waals surface area contributed by atoms with Gasteiger partial charge in [-0.2, -0.15) is 5.21 Å². The van der Waals surface area contributed by atoms with Gasteiger partial charge in [0.25, 0.3) is 0 Å². The van der Waals surface area contributed by atoms with Crippen molar-refractivity contribution in [3.05, 3.63) is 70.8 Å². The van der Waals surface area contributed by atoms with Gasteiger partial charge in [0.15, 0.2) is 5.15 Å². The fourth-order valence-electron chi connectivity index (χ4n) is 2.83. The molecule has 0 radical (unpaired) electrons. The number of aryl methyl sites for hydroxylation is 1. The Bertz CT molecular complexity index is 1610. The molecule has 0 spiro atoms. The first-order chi connectivity index (χ1) is 19.6. The highest BCUT2D eigenvalue weighted by molar-refractivity contribution is 6.30. The Morgan fingerprint density at radius 3 is 2.67 bits per heavy atom. The molecule has 0 fully saturated rings. The maximum absolute atomic E-state index is 10.3. The van der Waals surface area contributed by atoms with E-state index in [-0.39, 0.29) is 16.0 Å². The number of aromatic nitrogens is 6. The first-order valence-electron chi connectivity index (χ1n) is 15.0. The summed E-state index contributed by atoms with van der Waals surface area (Å²) in [7, 11) is 0.